The molecule has 1 aromatic heterocycles. The Morgan fingerprint density at radius 2 is 1.74 bits per heavy atom. The zero-order valence-corrected chi connectivity index (χ0v) is 20.6. The second kappa shape index (κ2) is 10.1. The van der Waals surface area contributed by atoms with Crippen molar-refractivity contribution in [2.45, 2.75) is 51.6 Å². The highest BCUT2D eigenvalue weighted by molar-refractivity contribution is 7.71. The third kappa shape index (κ3) is 5.00. The molecule has 0 saturated carbocycles. The van der Waals surface area contributed by atoms with E-state index in [0.717, 1.165) is 43.3 Å². The van der Waals surface area contributed by atoms with E-state index in [0.29, 0.717) is 17.5 Å². The fourth-order valence-electron chi connectivity index (χ4n) is 5.29. The highest BCUT2D eigenvalue weighted by atomic mass is 32.1. The van der Waals surface area contributed by atoms with Crippen LogP contribution < -0.4 is 0 Å². The van der Waals surface area contributed by atoms with Crippen molar-refractivity contribution in [2.24, 2.45) is 0 Å². The van der Waals surface area contributed by atoms with Crippen LogP contribution in [0.2, 0.25) is 0 Å². The zero-order valence-electron chi connectivity index (χ0n) is 19.8. The standard InChI is InChI=1S/C26H32FN5OS/c1-19-15-29(16-20(2)33-19)17-24-9-6-14-30(24)18-31-26(34)32(23-12-10-22(27)11-13-23)25(28-31)21-7-4-3-5-8-21/h3-5,7-8,10-13,19-20,24H,6,9,14-18H2,1-2H3. The van der Waals surface area contributed by atoms with Gasteiger partial charge in [0.15, 0.2) is 5.82 Å². The van der Waals surface area contributed by atoms with Crippen LogP contribution in [0.25, 0.3) is 17.1 Å². The minimum atomic E-state index is -0.268. The molecular weight excluding hydrogens is 449 g/mol. The van der Waals surface area contributed by atoms with Crippen LogP contribution in [0.5, 0.6) is 0 Å². The Labute approximate surface area is 205 Å². The maximum atomic E-state index is 13.6. The number of rotatable bonds is 6. The van der Waals surface area contributed by atoms with Crippen molar-refractivity contribution < 1.29 is 9.13 Å². The van der Waals surface area contributed by atoms with Gasteiger partial charge < -0.3 is 4.74 Å². The molecular formula is C26H32FN5OS. The monoisotopic (exact) mass is 481 g/mol. The number of morpholine rings is 1. The molecule has 6 nitrogen and oxygen atoms in total. The number of halogens is 1. The maximum absolute atomic E-state index is 13.6. The number of hydrogen-bond donors (Lipinski definition) is 0. The van der Waals surface area contributed by atoms with E-state index < -0.39 is 0 Å². The van der Waals surface area contributed by atoms with Gasteiger partial charge in [-0.25, -0.2) is 9.07 Å². The number of aromatic nitrogens is 3. The Hall–Kier alpha value is -2.39. The van der Waals surface area contributed by atoms with Gasteiger partial charge in [-0.3, -0.25) is 14.4 Å². The predicted octanol–water partition coefficient (Wildman–Crippen LogP) is 4.74. The summed E-state index contributed by atoms with van der Waals surface area (Å²) < 4.78 is 24.0. The Kier molecular flexibility index (Phi) is 6.92. The molecule has 34 heavy (non-hydrogen) atoms. The first kappa shape index (κ1) is 23.4. The molecule has 180 valence electrons. The van der Waals surface area contributed by atoms with E-state index in [4.69, 9.17) is 22.1 Å². The van der Waals surface area contributed by atoms with Gasteiger partial charge in [0, 0.05) is 37.8 Å². The third-order valence-corrected chi connectivity index (χ3v) is 7.13. The zero-order chi connectivity index (χ0) is 23.7. The number of ether oxygens (including phenoxy) is 1. The first-order chi connectivity index (χ1) is 16.5. The van der Waals surface area contributed by atoms with Gasteiger partial charge >= 0.3 is 0 Å². The minimum absolute atomic E-state index is 0.268. The van der Waals surface area contributed by atoms with Gasteiger partial charge in [-0.05, 0) is 63.2 Å². The predicted molar refractivity (Wildman–Crippen MR) is 134 cm³/mol. The second-order valence-electron chi connectivity index (χ2n) is 9.51. The van der Waals surface area contributed by atoms with Gasteiger partial charge in [-0.2, -0.15) is 0 Å². The lowest BCUT2D eigenvalue weighted by Crippen LogP contribution is -2.50. The van der Waals surface area contributed by atoms with Crippen molar-refractivity contribution >= 4 is 12.2 Å². The number of benzene rings is 2. The molecule has 0 amide bonds. The quantitative estimate of drug-likeness (QED) is 0.476. The van der Waals surface area contributed by atoms with Crippen LogP contribution in [-0.2, 0) is 11.4 Å². The van der Waals surface area contributed by atoms with Crippen LogP contribution >= 0.6 is 12.2 Å². The molecule has 2 aliphatic heterocycles. The van der Waals surface area contributed by atoms with E-state index in [-0.39, 0.29) is 18.0 Å². The lowest BCUT2D eigenvalue weighted by Gasteiger charge is -2.38. The second-order valence-corrected chi connectivity index (χ2v) is 9.87. The van der Waals surface area contributed by atoms with Crippen LogP contribution in [0, 0.1) is 10.6 Å². The van der Waals surface area contributed by atoms with E-state index in [1.807, 2.05) is 39.6 Å². The molecule has 3 aromatic rings. The summed E-state index contributed by atoms with van der Waals surface area (Å²) >= 11 is 5.91. The van der Waals surface area contributed by atoms with E-state index >= 15 is 0 Å². The molecule has 0 N–H and O–H groups in total. The fourth-order valence-corrected chi connectivity index (χ4v) is 5.58. The Morgan fingerprint density at radius 1 is 1.03 bits per heavy atom. The van der Waals surface area contributed by atoms with Gasteiger partial charge in [-0.15, -0.1) is 5.10 Å². The average Bonchev–Trinajstić information content (AvgIpc) is 3.38. The first-order valence-corrected chi connectivity index (χ1v) is 12.5. The molecule has 2 saturated heterocycles. The summed E-state index contributed by atoms with van der Waals surface area (Å²) in [5.41, 5.74) is 1.79. The van der Waals surface area contributed by atoms with E-state index in [1.54, 1.807) is 12.1 Å². The normalized spacial score (nSPS) is 24.0. The molecule has 0 bridgehead atoms. The molecule has 2 aliphatic rings. The molecule has 3 atom stereocenters. The van der Waals surface area contributed by atoms with Crippen molar-refractivity contribution in [1.82, 2.24) is 24.1 Å². The summed E-state index contributed by atoms with van der Waals surface area (Å²) in [6.45, 7) is 8.98. The van der Waals surface area contributed by atoms with Crippen LogP contribution in [0.3, 0.4) is 0 Å². The molecule has 0 spiro atoms. The number of nitrogens with zero attached hydrogens (tertiary/aromatic N) is 5. The Balaban J connectivity index is 1.42. The number of hydrogen-bond acceptors (Lipinski definition) is 5. The average molecular weight is 482 g/mol. The van der Waals surface area contributed by atoms with Crippen LogP contribution in [0.4, 0.5) is 4.39 Å². The van der Waals surface area contributed by atoms with Crippen molar-refractivity contribution in [3.63, 3.8) is 0 Å². The highest BCUT2D eigenvalue weighted by Gasteiger charge is 2.30. The molecule has 3 heterocycles. The molecule has 5 rings (SSSR count). The van der Waals surface area contributed by atoms with Gasteiger partial charge in [-0.1, -0.05) is 30.3 Å². The molecule has 0 aliphatic carbocycles. The summed E-state index contributed by atoms with van der Waals surface area (Å²) in [6, 6.07) is 16.9. The maximum Gasteiger partial charge on any atom is 0.204 e. The highest BCUT2D eigenvalue weighted by Crippen LogP contribution is 2.25. The molecule has 8 heteroatoms. The Bertz CT molecular complexity index is 1150. The summed E-state index contributed by atoms with van der Waals surface area (Å²) in [5.74, 6) is 0.499. The lowest BCUT2D eigenvalue weighted by atomic mass is 10.1. The largest absolute Gasteiger partial charge is 0.373 e. The van der Waals surface area contributed by atoms with Gasteiger partial charge in [0.1, 0.15) is 5.82 Å². The van der Waals surface area contributed by atoms with Crippen molar-refractivity contribution in [1.29, 1.82) is 0 Å². The van der Waals surface area contributed by atoms with E-state index in [2.05, 4.69) is 23.6 Å². The van der Waals surface area contributed by atoms with E-state index in [9.17, 15) is 4.39 Å². The molecule has 2 fully saturated rings. The summed E-state index contributed by atoms with van der Waals surface area (Å²) in [5, 5.41) is 4.95. The lowest BCUT2D eigenvalue weighted by molar-refractivity contribution is -0.0730. The third-order valence-electron chi connectivity index (χ3n) is 6.74. The van der Waals surface area contributed by atoms with E-state index in [1.165, 1.54) is 25.0 Å². The van der Waals surface area contributed by atoms with Crippen molar-refractivity contribution in [3.05, 3.63) is 65.2 Å². The SMILES string of the molecule is CC1CN(CC2CCCN2Cn2nc(-c3ccccc3)n(-c3ccc(F)cc3)c2=S)CC(C)O1. The topological polar surface area (TPSA) is 38.5 Å². The van der Waals surface area contributed by atoms with Crippen molar-refractivity contribution in [2.75, 3.05) is 26.2 Å². The van der Waals surface area contributed by atoms with Gasteiger partial charge in [0.2, 0.25) is 4.77 Å². The van der Waals surface area contributed by atoms with Gasteiger partial charge in [0.05, 0.1) is 24.6 Å². The summed E-state index contributed by atoms with van der Waals surface area (Å²) in [7, 11) is 0. The summed E-state index contributed by atoms with van der Waals surface area (Å²) in [6.07, 6.45) is 2.90. The van der Waals surface area contributed by atoms with Gasteiger partial charge in [0.25, 0.3) is 0 Å². The van der Waals surface area contributed by atoms with Crippen LogP contribution in [0.1, 0.15) is 26.7 Å². The smallest absolute Gasteiger partial charge is 0.204 e. The minimum Gasteiger partial charge on any atom is -0.373 e. The number of likely N-dealkylation sites (tertiary alicyclic amines) is 1. The first-order valence-electron chi connectivity index (χ1n) is 12.1. The van der Waals surface area contributed by atoms with Crippen molar-refractivity contribution in [3.8, 4) is 17.1 Å². The van der Waals surface area contributed by atoms with Crippen LogP contribution in [0.15, 0.2) is 54.6 Å². The molecule has 3 unspecified atom stereocenters. The molecule has 2 aromatic carbocycles. The molecule has 0 radical (unpaired) electrons. The summed E-state index contributed by atoms with van der Waals surface area (Å²) in [4.78, 5) is 5.03. The Morgan fingerprint density at radius 3 is 2.44 bits per heavy atom. The fraction of sp³-hybridized carbons (Fsp3) is 0.462. The van der Waals surface area contributed by atoms with Crippen LogP contribution in [-0.4, -0.2) is 68.6 Å².